The van der Waals surface area contributed by atoms with Gasteiger partial charge in [0, 0.05) is 10.8 Å². The lowest BCUT2D eigenvalue weighted by atomic mass is 9.79. The molecular weight excluding hydrogens is 745 g/mol. The van der Waals surface area contributed by atoms with Crippen molar-refractivity contribution in [3.05, 3.63) is 192 Å². The zero-order valence-corrected chi connectivity index (χ0v) is 36.6. The van der Waals surface area contributed by atoms with Gasteiger partial charge < -0.3 is 0 Å². The van der Waals surface area contributed by atoms with Crippen LogP contribution in [0.5, 0.6) is 0 Å². The van der Waals surface area contributed by atoms with E-state index in [1.165, 1.54) is 137 Å². The lowest BCUT2D eigenvalue weighted by molar-refractivity contribution is 0.591. The van der Waals surface area contributed by atoms with Crippen LogP contribution in [0.15, 0.2) is 164 Å². The predicted molar refractivity (Wildman–Crippen MR) is 267 cm³/mol. The maximum Gasteiger partial charge on any atom is 0.0159 e. The minimum Gasteiger partial charge on any atom is -0.0622 e. The summed E-state index contributed by atoms with van der Waals surface area (Å²) in [6.45, 7) is 16.8. The molecule has 0 bridgehead atoms. The summed E-state index contributed by atoms with van der Waals surface area (Å²) >= 11 is 0. The van der Waals surface area contributed by atoms with E-state index in [1.807, 2.05) is 0 Å². The number of benzene rings is 11. The lowest BCUT2D eigenvalue weighted by Gasteiger charge is -2.24. The molecule has 0 heteroatoms. The number of rotatable bonds is 2. The van der Waals surface area contributed by atoms with Crippen LogP contribution in [0.25, 0.3) is 109 Å². The fourth-order valence-electron chi connectivity index (χ4n) is 12.2. The van der Waals surface area contributed by atoms with E-state index in [-0.39, 0.29) is 16.2 Å². The van der Waals surface area contributed by atoms with Gasteiger partial charge in [0.2, 0.25) is 0 Å². The number of fused-ring (bicyclic) bond motifs is 12. The van der Waals surface area contributed by atoms with Crippen LogP contribution >= 0.6 is 0 Å². The first-order chi connectivity index (χ1) is 29.9. The quantitative estimate of drug-likeness (QED) is 0.121. The molecule has 0 saturated carbocycles. The molecule has 0 aromatic heterocycles. The summed E-state index contributed by atoms with van der Waals surface area (Å²) in [5.74, 6) is 0. The average molecular weight is 793 g/mol. The van der Waals surface area contributed by atoms with Crippen LogP contribution in [-0.4, -0.2) is 0 Å². The molecule has 13 rings (SSSR count). The second-order valence-electron chi connectivity index (χ2n) is 20.4. The molecule has 62 heavy (non-hydrogen) atoms. The summed E-state index contributed by atoms with van der Waals surface area (Å²) in [5, 5.41) is 16.0. The molecule has 0 fully saturated rings. The number of hydrogen-bond acceptors (Lipinski definition) is 0. The maximum atomic E-state index is 2.61. The largest absolute Gasteiger partial charge is 0.0622 e. The Balaban J connectivity index is 1.10. The Morgan fingerprint density at radius 2 is 0.774 bits per heavy atom. The van der Waals surface area contributed by atoms with Crippen molar-refractivity contribution in [2.75, 3.05) is 0 Å². The Morgan fingerprint density at radius 1 is 0.323 bits per heavy atom. The van der Waals surface area contributed by atoms with Crippen LogP contribution in [0.2, 0.25) is 0 Å². The normalized spacial score (nSPS) is 15.0. The summed E-state index contributed by atoms with van der Waals surface area (Å²) in [4.78, 5) is 0. The molecule has 0 nitrogen and oxygen atoms in total. The van der Waals surface area contributed by atoms with Gasteiger partial charge in [0.25, 0.3) is 0 Å². The molecule has 0 saturated heterocycles. The van der Waals surface area contributed by atoms with Gasteiger partial charge in [-0.2, -0.15) is 0 Å². The zero-order chi connectivity index (χ0) is 42.0. The molecule has 0 unspecified atom stereocenters. The SMILES string of the molecule is CC(C)(C)c1cc2ccc3cc4c(c5ccc(c1)c2c35)-c1cc2c(cc1C4(C)C)-c1c(ccc3c1ccc1c(-c4ccccc4)c4ccccc4c(-c4ccccc4)c13)C2(C)C. The number of hydrogen-bond donors (Lipinski definition) is 0. The smallest absolute Gasteiger partial charge is 0.0159 e. The zero-order valence-electron chi connectivity index (χ0n) is 36.6. The van der Waals surface area contributed by atoms with E-state index in [0.29, 0.717) is 0 Å². The molecule has 0 amide bonds. The van der Waals surface area contributed by atoms with Crippen LogP contribution in [0.1, 0.15) is 76.3 Å². The molecule has 0 atom stereocenters. The molecule has 11 aromatic carbocycles. The van der Waals surface area contributed by atoms with E-state index in [9.17, 15) is 0 Å². The van der Waals surface area contributed by atoms with E-state index in [0.717, 1.165) is 0 Å². The van der Waals surface area contributed by atoms with Gasteiger partial charge in [-0.3, -0.25) is 0 Å². The Morgan fingerprint density at radius 3 is 1.40 bits per heavy atom. The Hall–Kier alpha value is -6.76. The fraction of sp³-hybridized carbons (Fsp3) is 0.161. The van der Waals surface area contributed by atoms with Crippen LogP contribution in [0.3, 0.4) is 0 Å². The molecule has 0 radical (unpaired) electrons. The van der Waals surface area contributed by atoms with Gasteiger partial charge >= 0.3 is 0 Å². The van der Waals surface area contributed by atoms with E-state index in [2.05, 4.69) is 212 Å². The van der Waals surface area contributed by atoms with Crippen molar-refractivity contribution in [1.82, 2.24) is 0 Å². The molecule has 0 aliphatic heterocycles. The minimum atomic E-state index is -0.177. The lowest BCUT2D eigenvalue weighted by Crippen LogP contribution is -2.17. The molecule has 0 heterocycles. The Bertz CT molecular complexity index is 3720. The third-order valence-corrected chi connectivity index (χ3v) is 15.3. The molecular formula is C62H48. The first-order valence-corrected chi connectivity index (χ1v) is 22.4. The maximum absolute atomic E-state index is 2.61. The third-order valence-electron chi connectivity index (χ3n) is 15.3. The van der Waals surface area contributed by atoms with Crippen LogP contribution in [0, 0.1) is 0 Å². The minimum absolute atomic E-state index is 0.0848. The Labute approximate surface area is 363 Å². The summed E-state index contributed by atoms with van der Waals surface area (Å²) in [6.07, 6.45) is 0. The summed E-state index contributed by atoms with van der Waals surface area (Å²) in [6, 6.07) is 63.1. The van der Waals surface area contributed by atoms with Crippen LogP contribution < -0.4 is 0 Å². The van der Waals surface area contributed by atoms with Crippen molar-refractivity contribution in [3.63, 3.8) is 0 Å². The van der Waals surface area contributed by atoms with Crippen molar-refractivity contribution in [1.29, 1.82) is 0 Å². The summed E-state index contributed by atoms with van der Waals surface area (Å²) < 4.78 is 0. The molecule has 0 N–H and O–H groups in total. The van der Waals surface area contributed by atoms with Gasteiger partial charge in [0.15, 0.2) is 0 Å². The molecule has 2 aliphatic carbocycles. The molecule has 11 aromatic rings. The van der Waals surface area contributed by atoms with Crippen molar-refractivity contribution in [2.45, 2.75) is 64.7 Å². The van der Waals surface area contributed by atoms with Crippen molar-refractivity contribution >= 4 is 64.6 Å². The topological polar surface area (TPSA) is 0 Å². The van der Waals surface area contributed by atoms with Crippen LogP contribution in [-0.2, 0) is 16.2 Å². The van der Waals surface area contributed by atoms with Gasteiger partial charge in [-0.15, -0.1) is 0 Å². The van der Waals surface area contributed by atoms with Crippen molar-refractivity contribution in [3.8, 4) is 44.5 Å². The highest BCUT2D eigenvalue weighted by molar-refractivity contribution is 6.30. The van der Waals surface area contributed by atoms with E-state index in [4.69, 9.17) is 0 Å². The Kier molecular flexibility index (Phi) is 6.95. The van der Waals surface area contributed by atoms with E-state index in [1.54, 1.807) is 0 Å². The fourth-order valence-corrected chi connectivity index (χ4v) is 12.2. The van der Waals surface area contributed by atoms with E-state index < -0.39 is 0 Å². The van der Waals surface area contributed by atoms with Gasteiger partial charge in [-0.1, -0.05) is 194 Å². The van der Waals surface area contributed by atoms with E-state index >= 15 is 0 Å². The van der Waals surface area contributed by atoms with Crippen molar-refractivity contribution < 1.29 is 0 Å². The first-order valence-electron chi connectivity index (χ1n) is 22.4. The highest BCUT2D eigenvalue weighted by Gasteiger charge is 2.43. The highest BCUT2D eigenvalue weighted by Crippen LogP contribution is 2.60. The van der Waals surface area contributed by atoms with Gasteiger partial charge in [-0.05, 0) is 161 Å². The van der Waals surface area contributed by atoms with Crippen LogP contribution in [0.4, 0.5) is 0 Å². The second kappa shape index (κ2) is 12.0. The first kappa shape index (κ1) is 35.9. The second-order valence-corrected chi connectivity index (χ2v) is 20.4. The molecule has 2 aliphatic rings. The van der Waals surface area contributed by atoms with Gasteiger partial charge in [0.1, 0.15) is 0 Å². The van der Waals surface area contributed by atoms with Gasteiger partial charge in [-0.25, -0.2) is 0 Å². The molecule has 0 spiro atoms. The molecule has 296 valence electrons. The van der Waals surface area contributed by atoms with Gasteiger partial charge in [0.05, 0.1) is 0 Å². The third kappa shape index (κ3) is 4.57. The average Bonchev–Trinajstić information content (AvgIpc) is 3.65. The predicted octanol–water partition coefficient (Wildman–Crippen LogP) is 17.3. The standard InChI is InChI=1S/C62H48/c1-60(2,3)40-30-37-22-23-39-32-52-58(46-25-24-38(31-40)53(37)56(39)46)48-34-50-47(33-51(48)62(52,6)7)57-43-26-27-45-54(35-16-10-8-11-17-35)41-20-14-15-21-42(41)55(36-18-12-9-13-19-36)59(45)44(43)28-29-49(57)61(50,4)5/h8-34H,1-7H3. The summed E-state index contributed by atoms with van der Waals surface area (Å²) in [7, 11) is 0. The van der Waals surface area contributed by atoms with Crippen molar-refractivity contribution in [2.24, 2.45) is 0 Å². The monoisotopic (exact) mass is 792 g/mol. The highest BCUT2D eigenvalue weighted by atomic mass is 14.5. The summed E-state index contributed by atoms with van der Waals surface area (Å²) in [5.41, 5.74) is 17.5.